The van der Waals surface area contributed by atoms with Gasteiger partial charge < -0.3 is 0 Å². The van der Waals surface area contributed by atoms with Gasteiger partial charge in [0.15, 0.2) is 0 Å². The third-order valence-corrected chi connectivity index (χ3v) is 5.04. The van der Waals surface area contributed by atoms with Gasteiger partial charge in [-0.05, 0) is 23.8 Å². The lowest BCUT2D eigenvalue weighted by molar-refractivity contribution is 1.14. The quantitative estimate of drug-likeness (QED) is 0.523. The summed E-state index contributed by atoms with van der Waals surface area (Å²) >= 11 is 8.74. The van der Waals surface area contributed by atoms with Crippen molar-refractivity contribution in [1.29, 1.82) is 0 Å². The van der Waals surface area contributed by atoms with Crippen LogP contribution in [0.25, 0.3) is 11.3 Å². The van der Waals surface area contributed by atoms with E-state index < -0.39 is 0 Å². The molecule has 1 heterocycles. The Hall–Kier alpha value is -0.970. The van der Waals surface area contributed by atoms with Crippen molar-refractivity contribution in [2.75, 3.05) is 0 Å². The SMILES string of the molecule is Brc1ccc(Cc2nc(-c3ccccc3Br)cs2)cc1. The first-order chi connectivity index (χ1) is 9.72. The largest absolute Gasteiger partial charge is 0.241 e. The van der Waals surface area contributed by atoms with Gasteiger partial charge in [0.25, 0.3) is 0 Å². The molecule has 1 aromatic heterocycles. The summed E-state index contributed by atoms with van der Waals surface area (Å²) in [6.07, 6.45) is 0.877. The fourth-order valence-electron chi connectivity index (χ4n) is 1.96. The third kappa shape index (κ3) is 3.19. The summed E-state index contributed by atoms with van der Waals surface area (Å²) < 4.78 is 2.19. The summed E-state index contributed by atoms with van der Waals surface area (Å²) in [5, 5.41) is 3.26. The van der Waals surface area contributed by atoms with Crippen molar-refractivity contribution in [2.24, 2.45) is 0 Å². The summed E-state index contributed by atoms with van der Waals surface area (Å²) in [5.74, 6) is 0. The maximum atomic E-state index is 4.74. The molecule has 2 aromatic carbocycles. The molecule has 1 nitrogen and oxygen atoms in total. The van der Waals surface area contributed by atoms with E-state index >= 15 is 0 Å². The Bertz CT molecular complexity index is 719. The zero-order valence-electron chi connectivity index (χ0n) is 10.5. The van der Waals surface area contributed by atoms with Gasteiger partial charge in [-0.2, -0.15) is 0 Å². The molecule has 0 aliphatic rings. The zero-order valence-corrected chi connectivity index (χ0v) is 14.5. The number of nitrogens with zero attached hydrogens (tertiary/aromatic N) is 1. The molecule has 4 heteroatoms. The van der Waals surface area contributed by atoms with E-state index in [0.717, 1.165) is 31.6 Å². The second kappa shape index (κ2) is 6.20. The molecule has 0 radical (unpaired) electrons. The van der Waals surface area contributed by atoms with Gasteiger partial charge >= 0.3 is 0 Å². The molecule has 0 aliphatic carbocycles. The van der Waals surface area contributed by atoms with E-state index in [-0.39, 0.29) is 0 Å². The van der Waals surface area contributed by atoms with Crippen LogP contribution < -0.4 is 0 Å². The smallest absolute Gasteiger partial charge is 0.0976 e. The van der Waals surface area contributed by atoms with E-state index in [0.29, 0.717) is 0 Å². The highest BCUT2D eigenvalue weighted by molar-refractivity contribution is 9.10. The lowest BCUT2D eigenvalue weighted by Crippen LogP contribution is -1.87. The van der Waals surface area contributed by atoms with E-state index in [4.69, 9.17) is 4.98 Å². The van der Waals surface area contributed by atoms with Crippen LogP contribution in [0.4, 0.5) is 0 Å². The Kier molecular flexibility index (Phi) is 4.34. The van der Waals surface area contributed by atoms with Gasteiger partial charge in [0.05, 0.1) is 10.7 Å². The number of hydrogen-bond donors (Lipinski definition) is 0. The molecule has 3 rings (SSSR count). The van der Waals surface area contributed by atoms with Crippen molar-refractivity contribution in [2.45, 2.75) is 6.42 Å². The zero-order chi connectivity index (χ0) is 13.9. The Balaban J connectivity index is 1.84. The van der Waals surface area contributed by atoms with Crippen LogP contribution in [-0.4, -0.2) is 4.98 Å². The van der Waals surface area contributed by atoms with Gasteiger partial charge in [-0.1, -0.05) is 62.2 Å². The molecule has 0 unspecified atom stereocenters. The highest BCUT2D eigenvalue weighted by Crippen LogP contribution is 2.29. The van der Waals surface area contributed by atoms with E-state index in [1.54, 1.807) is 11.3 Å². The molecule has 0 spiro atoms. The Morgan fingerprint density at radius 3 is 2.45 bits per heavy atom. The number of halogens is 2. The van der Waals surface area contributed by atoms with Gasteiger partial charge in [-0.3, -0.25) is 0 Å². The van der Waals surface area contributed by atoms with Crippen molar-refractivity contribution in [1.82, 2.24) is 4.98 Å². The average Bonchev–Trinajstić information content (AvgIpc) is 2.90. The molecule has 0 aliphatic heterocycles. The Morgan fingerprint density at radius 1 is 0.950 bits per heavy atom. The second-order valence-corrected chi connectivity index (χ2v) is 7.12. The maximum absolute atomic E-state index is 4.74. The lowest BCUT2D eigenvalue weighted by Gasteiger charge is -2.00. The molecule has 3 aromatic rings. The van der Waals surface area contributed by atoms with Crippen LogP contribution in [0.15, 0.2) is 62.9 Å². The van der Waals surface area contributed by atoms with E-state index in [1.807, 2.05) is 18.2 Å². The molecule has 0 N–H and O–H groups in total. The van der Waals surface area contributed by atoms with Crippen LogP contribution in [-0.2, 0) is 6.42 Å². The Morgan fingerprint density at radius 2 is 1.70 bits per heavy atom. The molecule has 100 valence electrons. The van der Waals surface area contributed by atoms with Crippen LogP contribution >= 0.6 is 43.2 Å². The van der Waals surface area contributed by atoms with Crippen molar-refractivity contribution in [3.8, 4) is 11.3 Å². The summed E-state index contributed by atoms with van der Waals surface area (Å²) in [7, 11) is 0. The molecule has 0 fully saturated rings. The number of benzene rings is 2. The molecule has 0 amide bonds. The molecule has 0 saturated carbocycles. The van der Waals surface area contributed by atoms with Gasteiger partial charge in [0.1, 0.15) is 0 Å². The fraction of sp³-hybridized carbons (Fsp3) is 0.0625. The highest BCUT2D eigenvalue weighted by Gasteiger charge is 2.08. The van der Waals surface area contributed by atoms with E-state index in [1.165, 1.54) is 5.56 Å². The van der Waals surface area contributed by atoms with Crippen LogP contribution in [0.1, 0.15) is 10.6 Å². The highest BCUT2D eigenvalue weighted by atomic mass is 79.9. The molecular weight excluding hydrogens is 398 g/mol. The van der Waals surface area contributed by atoms with E-state index in [9.17, 15) is 0 Å². The number of thiazole rings is 1. The minimum Gasteiger partial charge on any atom is -0.241 e. The first-order valence-corrected chi connectivity index (χ1v) is 8.63. The van der Waals surface area contributed by atoms with Crippen molar-refractivity contribution in [3.63, 3.8) is 0 Å². The topological polar surface area (TPSA) is 12.9 Å². The van der Waals surface area contributed by atoms with Crippen molar-refractivity contribution < 1.29 is 0 Å². The minimum atomic E-state index is 0.877. The summed E-state index contributed by atoms with van der Waals surface area (Å²) in [6.45, 7) is 0. The molecule has 0 bridgehead atoms. The van der Waals surface area contributed by atoms with Crippen molar-refractivity contribution in [3.05, 3.63) is 73.4 Å². The van der Waals surface area contributed by atoms with Crippen molar-refractivity contribution >= 4 is 43.2 Å². The number of aromatic nitrogens is 1. The van der Waals surface area contributed by atoms with Gasteiger partial charge in [-0.15, -0.1) is 11.3 Å². The first kappa shape index (κ1) is 14.0. The molecule has 20 heavy (non-hydrogen) atoms. The van der Waals surface area contributed by atoms with Crippen LogP contribution in [0.5, 0.6) is 0 Å². The predicted octanol–water partition coefficient (Wildman–Crippen LogP) is 5.93. The summed E-state index contributed by atoms with van der Waals surface area (Å²) in [5.41, 5.74) is 3.46. The van der Waals surface area contributed by atoms with Gasteiger partial charge in [0.2, 0.25) is 0 Å². The second-order valence-electron chi connectivity index (χ2n) is 4.41. The monoisotopic (exact) mass is 407 g/mol. The molecule has 0 saturated heterocycles. The summed E-state index contributed by atoms with van der Waals surface area (Å²) in [4.78, 5) is 4.74. The number of hydrogen-bond acceptors (Lipinski definition) is 2. The molecular formula is C16H11Br2NS. The molecule has 0 atom stereocenters. The lowest BCUT2D eigenvalue weighted by atomic mass is 10.1. The van der Waals surface area contributed by atoms with Crippen LogP contribution in [0.2, 0.25) is 0 Å². The maximum Gasteiger partial charge on any atom is 0.0976 e. The van der Waals surface area contributed by atoms with Gasteiger partial charge in [0, 0.05) is 26.3 Å². The standard InChI is InChI=1S/C16H11Br2NS/c17-12-7-5-11(6-8-12)9-16-19-15(10-20-16)13-3-1-2-4-14(13)18/h1-8,10H,9H2. The predicted molar refractivity (Wildman–Crippen MR) is 92.2 cm³/mol. The van der Waals surface area contributed by atoms with E-state index in [2.05, 4.69) is 67.6 Å². The number of rotatable bonds is 3. The fourth-order valence-corrected chi connectivity index (χ4v) is 3.54. The van der Waals surface area contributed by atoms with Crippen LogP contribution in [0.3, 0.4) is 0 Å². The Labute approximate surface area is 139 Å². The minimum absolute atomic E-state index is 0.877. The average molecular weight is 409 g/mol. The van der Waals surface area contributed by atoms with Gasteiger partial charge in [-0.25, -0.2) is 4.98 Å². The summed E-state index contributed by atoms with van der Waals surface area (Å²) in [6, 6.07) is 16.6. The first-order valence-electron chi connectivity index (χ1n) is 6.16. The third-order valence-electron chi connectivity index (χ3n) is 2.97. The van der Waals surface area contributed by atoms with Crippen LogP contribution in [0, 0.1) is 0 Å². The normalized spacial score (nSPS) is 10.7.